The molecule has 0 atom stereocenters. The van der Waals surface area contributed by atoms with E-state index in [9.17, 15) is 9.18 Å². The number of aromatic nitrogens is 2. The Morgan fingerprint density at radius 2 is 2.15 bits per heavy atom. The van der Waals surface area contributed by atoms with Gasteiger partial charge in [0.15, 0.2) is 0 Å². The number of nitrogens with zero attached hydrogens (tertiary/aromatic N) is 2. The second kappa shape index (κ2) is 5.05. The number of anilines is 2. The minimum atomic E-state index is -0.380. The van der Waals surface area contributed by atoms with Crippen molar-refractivity contribution < 1.29 is 4.39 Å². The summed E-state index contributed by atoms with van der Waals surface area (Å²) in [5, 5.41) is 4.72. The molecule has 6 heteroatoms. The van der Waals surface area contributed by atoms with Crippen molar-refractivity contribution in [3.8, 4) is 0 Å². The molecule has 4 nitrogen and oxygen atoms in total. The molecule has 0 radical (unpaired) electrons. The molecule has 0 aliphatic heterocycles. The summed E-state index contributed by atoms with van der Waals surface area (Å²) in [5.74, 6) is -0.0247. The molecule has 0 saturated heterocycles. The fraction of sp³-hybridized carbons (Fsp3) is 0.143. The molecule has 2 heterocycles. The van der Waals surface area contributed by atoms with Crippen molar-refractivity contribution in [1.82, 2.24) is 9.55 Å². The minimum absolute atomic E-state index is 0.105. The highest BCUT2D eigenvalue weighted by molar-refractivity contribution is 7.17. The Balaban J connectivity index is 2.16. The van der Waals surface area contributed by atoms with Gasteiger partial charge in [-0.15, -0.1) is 11.3 Å². The number of para-hydroxylation sites is 1. The van der Waals surface area contributed by atoms with Gasteiger partial charge in [-0.3, -0.25) is 9.36 Å². The first-order valence-corrected chi connectivity index (χ1v) is 7.08. The largest absolute Gasteiger partial charge is 0.323 e. The SMILES string of the molecule is CCn1c(Nc2ccccc2F)nc2ccsc2c1=O. The van der Waals surface area contributed by atoms with Crippen LogP contribution in [0.3, 0.4) is 0 Å². The number of rotatable bonds is 3. The zero-order valence-electron chi connectivity index (χ0n) is 10.8. The smallest absolute Gasteiger partial charge is 0.272 e. The van der Waals surface area contributed by atoms with Crippen molar-refractivity contribution in [1.29, 1.82) is 0 Å². The maximum atomic E-state index is 13.7. The highest BCUT2D eigenvalue weighted by Crippen LogP contribution is 2.21. The predicted octanol–water partition coefficient (Wildman–Crippen LogP) is 3.36. The Morgan fingerprint density at radius 1 is 1.35 bits per heavy atom. The molecular weight excluding hydrogens is 277 g/mol. The van der Waals surface area contributed by atoms with Gasteiger partial charge in [-0.1, -0.05) is 12.1 Å². The zero-order chi connectivity index (χ0) is 14.1. The second-order valence-corrected chi connectivity index (χ2v) is 5.14. The van der Waals surface area contributed by atoms with E-state index in [2.05, 4.69) is 10.3 Å². The summed E-state index contributed by atoms with van der Waals surface area (Å²) in [6.07, 6.45) is 0. The summed E-state index contributed by atoms with van der Waals surface area (Å²) in [6.45, 7) is 2.32. The number of thiophene rings is 1. The number of nitrogens with one attached hydrogen (secondary N) is 1. The fourth-order valence-corrected chi connectivity index (χ4v) is 2.79. The van der Waals surface area contributed by atoms with Crippen LogP contribution in [0.15, 0.2) is 40.5 Å². The molecule has 0 aliphatic carbocycles. The first kappa shape index (κ1) is 12.8. The van der Waals surface area contributed by atoms with Crippen molar-refractivity contribution in [3.63, 3.8) is 0 Å². The summed E-state index contributed by atoms with van der Waals surface area (Å²) >= 11 is 1.36. The number of benzene rings is 1. The first-order chi connectivity index (χ1) is 9.70. The highest BCUT2D eigenvalue weighted by Gasteiger charge is 2.12. The molecule has 3 aromatic rings. The first-order valence-electron chi connectivity index (χ1n) is 6.20. The Morgan fingerprint density at radius 3 is 2.90 bits per heavy atom. The van der Waals surface area contributed by atoms with E-state index in [1.54, 1.807) is 24.3 Å². The van der Waals surface area contributed by atoms with E-state index in [1.165, 1.54) is 22.0 Å². The topological polar surface area (TPSA) is 46.9 Å². The molecule has 2 aromatic heterocycles. The summed E-state index contributed by atoms with van der Waals surface area (Å²) in [7, 11) is 0. The molecule has 0 aliphatic rings. The molecule has 0 unspecified atom stereocenters. The van der Waals surface area contributed by atoms with Gasteiger partial charge in [0.25, 0.3) is 5.56 Å². The lowest BCUT2D eigenvalue weighted by atomic mass is 10.3. The van der Waals surface area contributed by atoms with E-state index in [0.29, 0.717) is 28.4 Å². The van der Waals surface area contributed by atoms with E-state index in [0.717, 1.165) is 0 Å². The standard InChI is InChI=1S/C14H12FN3OS/c1-2-18-13(19)12-11(7-8-20-12)17-14(18)16-10-6-4-3-5-9(10)15/h3-8H,2H2,1H3,(H,16,17). The Kier molecular flexibility index (Phi) is 3.23. The van der Waals surface area contributed by atoms with Crippen molar-refractivity contribution in [2.45, 2.75) is 13.5 Å². The summed E-state index contributed by atoms with van der Waals surface area (Å²) in [5.41, 5.74) is 0.825. The van der Waals surface area contributed by atoms with Crippen LogP contribution in [0.1, 0.15) is 6.92 Å². The molecule has 0 fully saturated rings. The maximum absolute atomic E-state index is 13.7. The number of hydrogen-bond acceptors (Lipinski definition) is 4. The van der Waals surface area contributed by atoms with E-state index >= 15 is 0 Å². The van der Waals surface area contributed by atoms with Crippen molar-refractivity contribution >= 4 is 33.2 Å². The van der Waals surface area contributed by atoms with Gasteiger partial charge in [0.2, 0.25) is 5.95 Å². The van der Waals surface area contributed by atoms with E-state index in [4.69, 9.17) is 0 Å². The maximum Gasteiger partial charge on any atom is 0.272 e. The van der Waals surface area contributed by atoms with Crippen LogP contribution >= 0.6 is 11.3 Å². The van der Waals surface area contributed by atoms with Gasteiger partial charge in [-0.05, 0) is 30.5 Å². The predicted molar refractivity (Wildman–Crippen MR) is 79.2 cm³/mol. The lowest BCUT2D eigenvalue weighted by Crippen LogP contribution is -2.22. The monoisotopic (exact) mass is 289 g/mol. The van der Waals surface area contributed by atoms with Crippen molar-refractivity contribution in [2.75, 3.05) is 5.32 Å². The van der Waals surface area contributed by atoms with Crippen LogP contribution in [0.5, 0.6) is 0 Å². The molecule has 0 bridgehead atoms. The normalized spacial score (nSPS) is 10.9. The van der Waals surface area contributed by atoms with Gasteiger partial charge in [-0.25, -0.2) is 9.37 Å². The lowest BCUT2D eigenvalue weighted by Gasteiger charge is -2.12. The number of hydrogen-bond donors (Lipinski definition) is 1. The highest BCUT2D eigenvalue weighted by atomic mass is 32.1. The summed E-state index contributed by atoms with van der Waals surface area (Å²) in [6, 6.07) is 8.10. The third-order valence-electron chi connectivity index (χ3n) is 3.00. The molecule has 1 N–H and O–H groups in total. The van der Waals surface area contributed by atoms with Crippen LogP contribution in [0, 0.1) is 5.82 Å². The molecule has 0 amide bonds. The van der Waals surface area contributed by atoms with E-state index < -0.39 is 0 Å². The average molecular weight is 289 g/mol. The van der Waals surface area contributed by atoms with Crippen LogP contribution < -0.4 is 10.9 Å². The summed E-state index contributed by atoms with van der Waals surface area (Å²) in [4.78, 5) is 16.7. The fourth-order valence-electron chi connectivity index (χ4n) is 2.02. The summed E-state index contributed by atoms with van der Waals surface area (Å²) < 4.78 is 15.8. The van der Waals surface area contributed by atoms with Crippen LogP contribution in [0.4, 0.5) is 16.0 Å². The van der Waals surface area contributed by atoms with Gasteiger partial charge in [0.1, 0.15) is 10.5 Å². The molecule has 0 spiro atoms. The second-order valence-electron chi connectivity index (χ2n) is 4.22. The molecule has 102 valence electrons. The Hall–Kier alpha value is -2.21. The van der Waals surface area contributed by atoms with Crippen LogP contribution in [-0.4, -0.2) is 9.55 Å². The van der Waals surface area contributed by atoms with E-state index in [1.807, 2.05) is 12.3 Å². The average Bonchev–Trinajstić information content (AvgIpc) is 2.90. The van der Waals surface area contributed by atoms with Crippen molar-refractivity contribution in [2.24, 2.45) is 0 Å². The van der Waals surface area contributed by atoms with Crippen molar-refractivity contribution in [3.05, 3.63) is 51.9 Å². The van der Waals surface area contributed by atoms with Crippen LogP contribution in [-0.2, 0) is 6.54 Å². The zero-order valence-corrected chi connectivity index (χ0v) is 11.6. The van der Waals surface area contributed by atoms with Gasteiger partial charge >= 0.3 is 0 Å². The quantitative estimate of drug-likeness (QED) is 0.804. The van der Waals surface area contributed by atoms with Crippen LogP contribution in [0.2, 0.25) is 0 Å². The lowest BCUT2D eigenvalue weighted by molar-refractivity contribution is 0.630. The van der Waals surface area contributed by atoms with Crippen LogP contribution in [0.25, 0.3) is 10.2 Å². The van der Waals surface area contributed by atoms with Gasteiger partial charge in [0, 0.05) is 6.54 Å². The minimum Gasteiger partial charge on any atom is -0.323 e. The molecule has 3 rings (SSSR count). The number of fused-ring (bicyclic) bond motifs is 1. The van der Waals surface area contributed by atoms with Gasteiger partial charge in [-0.2, -0.15) is 0 Å². The third kappa shape index (κ3) is 2.08. The van der Waals surface area contributed by atoms with Gasteiger partial charge < -0.3 is 5.32 Å². The molecule has 20 heavy (non-hydrogen) atoms. The molecule has 1 aromatic carbocycles. The van der Waals surface area contributed by atoms with E-state index in [-0.39, 0.29) is 11.4 Å². The Labute approximate surface area is 118 Å². The third-order valence-corrected chi connectivity index (χ3v) is 3.89. The molecule has 0 saturated carbocycles. The number of halogens is 1. The molecular formula is C14H12FN3OS. The Bertz CT molecular complexity index is 825. The van der Waals surface area contributed by atoms with Gasteiger partial charge in [0.05, 0.1) is 11.2 Å².